The number of rotatable bonds is 10. The highest BCUT2D eigenvalue weighted by molar-refractivity contribution is 5.90. The molecule has 198 valence electrons. The minimum absolute atomic E-state index is 0.0372. The number of methoxy groups -OCH3 is 2. The van der Waals surface area contributed by atoms with Gasteiger partial charge in [-0.05, 0) is 30.9 Å². The van der Waals surface area contributed by atoms with Crippen LogP contribution >= 0.6 is 0 Å². The standard InChI is InChI=1S/C28H38N6O3/c1-4-5-13-31-27(35)34-14-11-28(12-15-34,20-9-7-6-8-10-20)19-30-18-25-32-22-17-24(37-3)23(36-2)16-21(22)26(29)33-25/h6-10,16-17,30H,4-5,11-15,18-19H2,1-3H3,(H,31,35)(H2,29,32,33). The molecule has 3 aromatic rings. The molecule has 0 saturated carbocycles. The van der Waals surface area contributed by atoms with Gasteiger partial charge in [0.1, 0.15) is 11.6 Å². The third-order valence-electron chi connectivity index (χ3n) is 7.22. The predicted octanol–water partition coefficient (Wildman–Crippen LogP) is 3.86. The number of nitrogens with zero attached hydrogens (tertiary/aromatic N) is 3. The number of nitrogen functional groups attached to an aromatic ring is 1. The van der Waals surface area contributed by atoms with E-state index in [1.54, 1.807) is 20.3 Å². The van der Waals surface area contributed by atoms with Gasteiger partial charge in [0.15, 0.2) is 11.5 Å². The van der Waals surface area contributed by atoms with Crippen molar-refractivity contribution in [1.82, 2.24) is 25.5 Å². The van der Waals surface area contributed by atoms with E-state index in [0.29, 0.717) is 35.2 Å². The number of hydrogen-bond acceptors (Lipinski definition) is 7. The summed E-state index contributed by atoms with van der Waals surface area (Å²) < 4.78 is 10.8. The number of nitrogens with one attached hydrogen (secondary N) is 2. The van der Waals surface area contributed by atoms with Gasteiger partial charge in [0.25, 0.3) is 0 Å². The summed E-state index contributed by atoms with van der Waals surface area (Å²) in [6.07, 6.45) is 3.82. The third-order valence-corrected chi connectivity index (χ3v) is 7.22. The molecule has 4 rings (SSSR count). The lowest BCUT2D eigenvalue weighted by Crippen LogP contribution is -2.51. The van der Waals surface area contributed by atoms with E-state index in [1.165, 1.54) is 5.56 Å². The lowest BCUT2D eigenvalue weighted by molar-refractivity contribution is 0.155. The van der Waals surface area contributed by atoms with Crippen molar-refractivity contribution in [3.05, 3.63) is 53.9 Å². The van der Waals surface area contributed by atoms with E-state index in [4.69, 9.17) is 20.2 Å². The van der Waals surface area contributed by atoms with E-state index in [2.05, 4.69) is 46.8 Å². The van der Waals surface area contributed by atoms with Crippen LogP contribution < -0.4 is 25.8 Å². The SMILES string of the molecule is CCCCNC(=O)N1CCC(CNCc2nc(N)c3cc(OC)c(OC)cc3n2)(c2ccccc2)CC1. The first-order valence-electron chi connectivity index (χ1n) is 13.0. The Kier molecular flexibility index (Phi) is 8.66. The number of carbonyl (C=O) groups is 1. The molecule has 0 spiro atoms. The number of benzene rings is 2. The van der Waals surface area contributed by atoms with Crippen LogP contribution in [0.3, 0.4) is 0 Å². The summed E-state index contributed by atoms with van der Waals surface area (Å²) in [4.78, 5) is 23.8. The number of likely N-dealkylation sites (tertiary alicyclic amines) is 1. The maximum atomic E-state index is 12.6. The molecular formula is C28H38N6O3. The van der Waals surface area contributed by atoms with Gasteiger partial charge in [-0.15, -0.1) is 0 Å². The van der Waals surface area contributed by atoms with Crippen LogP contribution in [-0.4, -0.2) is 61.3 Å². The molecule has 2 amide bonds. The van der Waals surface area contributed by atoms with Crippen LogP contribution in [0.15, 0.2) is 42.5 Å². The zero-order valence-electron chi connectivity index (χ0n) is 22.0. The normalized spacial score (nSPS) is 14.9. The molecule has 1 aliphatic rings. The number of urea groups is 1. The maximum absolute atomic E-state index is 12.6. The third kappa shape index (κ3) is 6.05. The Balaban J connectivity index is 1.46. The number of hydrogen-bond donors (Lipinski definition) is 3. The Labute approximate surface area is 218 Å². The average molecular weight is 507 g/mol. The summed E-state index contributed by atoms with van der Waals surface area (Å²) in [5.41, 5.74) is 8.18. The molecule has 1 aromatic heterocycles. The van der Waals surface area contributed by atoms with Crippen LogP contribution in [0.25, 0.3) is 10.9 Å². The van der Waals surface area contributed by atoms with Crippen LogP contribution in [0.2, 0.25) is 0 Å². The van der Waals surface area contributed by atoms with Gasteiger partial charge in [0, 0.05) is 43.0 Å². The highest BCUT2D eigenvalue weighted by Crippen LogP contribution is 2.36. The van der Waals surface area contributed by atoms with Crippen LogP contribution in [0.4, 0.5) is 10.6 Å². The van der Waals surface area contributed by atoms with E-state index >= 15 is 0 Å². The number of ether oxygens (including phenoxy) is 2. The number of anilines is 1. The van der Waals surface area contributed by atoms with Crippen molar-refractivity contribution in [2.24, 2.45) is 0 Å². The Morgan fingerprint density at radius 3 is 2.46 bits per heavy atom. The number of piperidine rings is 1. The number of amides is 2. The quantitative estimate of drug-likeness (QED) is 0.358. The number of aromatic nitrogens is 2. The monoisotopic (exact) mass is 506 g/mol. The Bertz CT molecular complexity index is 1200. The van der Waals surface area contributed by atoms with Gasteiger partial charge >= 0.3 is 6.03 Å². The molecule has 2 heterocycles. The maximum Gasteiger partial charge on any atom is 0.317 e. The summed E-state index contributed by atoms with van der Waals surface area (Å²) in [6, 6.07) is 14.2. The molecule has 4 N–H and O–H groups in total. The molecule has 0 aliphatic carbocycles. The highest BCUT2D eigenvalue weighted by Gasteiger charge is 2.37. The minimum Gasteiger partial charge on any atom is -0.493 e. The van der Waals surface area contributed by atoms with Crippen molar-refractivity contribution >= 4 is 22.8 Å². The van der Waals surface area contributed by atoms with Gasteiger partial charge < -0.3 is 30.7 Å². The van der Waals surface area contributed by atoms with Crippen molar-refractivity contribution in [2.75, 3.05) is 46.1 Å². The lowest BCUT2D eigenvalue weighted by atomic mass is 9.72. The minimum atomic E-state index is -0.0829. The van der Waals surface area contributed by atoms with Gasteiger partial charge in [0.2, 0.25) is 0 Å². The zero-order valence-corrected chi connectivity index (χ0v) is 22.0. The molecule has 1 saturated heterocycles. The molecule has 9 heteroatoms. The Hall–Kier alpha value is -3.59. The first-order chi connectivity index (χ1) is 18.0. The second-order valence-corrected chi connectivity index (χ2v) is 9.57. The zero-order chi connectivity index (χ0) is 26.3. The fraction of sp³-hybridized carbons (Fsp3) is 0.464. The molecule has 37 heavy (non-hydrogen) atoms. The van der Waals surface area contributed by atoms with Gasteiger partial charge in [-0.2, -0.15) is 0 Å². The molecule has 0 atom stereocenters. The molecule has 9 nitrogen and oxygen atoms in total. The van der Waals surface area contributed by atoms with Gasteiger partial charge in [-0.3, -0.25) is 0 Å². The predicted molar refractivity (Wildman–Crippen MR) is 146 cm³/mol. The van der Waals surface area contributed by atoms with Crippen LogP contribution in [-0.2, 0) is 12.0 Å². The van der Waals surface area contributed by atoms with Crippen LogP contribution in [0.1, 0.15) is 44.0 Å². The van der Waals surface area contributed by atoms with Crippen molar-refractivity contribution in [3.63, 3.8) is 0 Å². The average Bonchev–Trinajstić information content (AvgIpc) is 2.93. The summed E-state index contributed by atoms with van der Waals surface area (Å²) in [6.45, 7) is 5.51. The van der Waals surface area contributed by atoms with Crippen molar-refractivity contribution in [2.45, 2.75) is 44.6 Å². The lowest BCUT2D eigenvalue weighted by Gasteiger charge is -2.42. The smallest absolute Gasteiger partial charge is 0.317 e. The molecule has 1 aliphatic heterocycles. The number of fused-ring (bicyclic) bond motifs is 1. The van der Waals surface area contributed by atoms with Crippen molar-refractivity contribution < 1.29 is 14.3 Å². The largest absolute Gasteiger partial charge is 0.493 e. The van der Waals surface area contributed by atoms with E-state index < -0.39 is 0 Å². The molecular weight excluding hydrogens is 468 g/mol. The fourth-order valence-corrected chi connectivity index (χ4v) is 5.00. The summed E-state index contributed by atoms with van der Waals surface area (Å²) in [5, 5.41) is 7.36. The number of unbranched alkanes of at least 4 members (excludes halogenated alkanes) is 1. The number of nitrogens with two attached hydrogens (primary N) is 1. The van der Waals surface area contributed by atoms with Crippen molar-refractivity contribution in [1.29, 1.82) is 0 Å². The first-order valence-corrected chi connectivity index (χ1v) is 13.0. The topological polar surface area (TPSA) is 115 Å². The molecule has 0 radical (unpaired) electrons. The Morgan fingerprint density at radius 1 is 1.08 bits per heavy atom. The van der Waals surface area contributed by atoms with Gasteiger partial charge in [-0.25, -0.2) is 14.8 Å². The van der Waals surface area contributed by atoms with E-state index in [-0.39, 0.29) is 11.4 Å². The highest BCUT2D eigenvalue weighted by atomic mass is 16.5. The first kappa shape index (κ1) is 26.5. The molecule has 0 unspecified atom stereocenters. The van der Waals surface area contributed by atoms with E-state index in [0.717, 1.165) is 57.2 Å². The molecule has 2 aromatic carbocycles. The summed E-state index contributed by atoms with van der Waals surface area (Å²) in [5.74, 6) is 2.21. The Morgan fingerprint density at radius 2 is 1.78 bits per heavy atom. The van der Waals surface area contributed by atoms with Gasteiger partial charge in [0.05, 0.1) is 26.3 Å². The summed E-state index contributed by atoms with van der Waals surface area (Å²) >= 11 is 0. The van der Waals surface area contributed by atoms with Crippen LogP contribution in [0.5, 0.6) is 11.5 Å². The second kappa shape index (κ2) is 12.1. The van der Waals surface area contributed by atoms with Crippen molar-refractivity contribution in [3.8, 4) is 11.5 Å². The van der Waals surface area contributed by atoms with Crippen LogP contribution in [0, 0.1) is 0 Å². The van der Waals surface area contributed by atoms with E-state index in [1.807, 2.05) is 17.0 Å². The molecule has 0 bridgehead atoms. The number of carbonyl (C=O) groups excluding carboxylic acids is 1. The molecule has 1 fully saturated rings. The second-order valence-electron chi connectivity index (χ2n) is 9.57. The fourth-order valence-electron chi connectivity index (χ4n) is 5.00. The summed E-state index contributed by atoms with van der Waals surface area (Å²) in [7, 11) is 3.19. The van der Waals surface area contributed by atoms with Gasteiger partial charge in [-0.1, -0.05) is 43.7 Å². The van der Waals surface area contributed by atoms with E-state index in [9.17, 15) is 4.79 Å².